The second-order valence-corrected chi connectivity index (χ2v) is 6.37. The Morgan fingerprint density at radius 3 is 2.88 bits per heavy atom. The average molecular weight is 331 g/mol. The number of nitrogens with two attached hydrogens (primary N) is 1. The number of rotatable bonds is 2. The molecule has 3 N–H and O–H groups in total. The molecule has 0 saturated carbocycles. The van der Waals surface area contributed by atoms with E-state index in [1.807, 2.05) is 0 Å². The van der Waals surface area contributed by atoms with Gasteiger partial charge >= 0.3 is 0 Å². The largest absolute Gasteiger partial charge is 0.394 e. The number of ether oxygens (including phenoxy) is 3. The molecule has 0 spiro atoms. The third kappa shape index (κ3) is 1.88. The summed E-state index contributed by atoms with van der Waals surface area (Å²) in [6.45, 7) is 3.24. The predicted octanol–water partition coefficient (Wildman–Crippen LogP) is -0.0584. The number of aromatic nitrogens is 3. The van der Waals surface area contributed by atoms with Crippen LogP contribution < -0.4 is 5.73 Å². The van der Waals surface area contributed by atoms with Crippen LogP contribution in [0.2, 0.25) is 0 Å². The highest BCUT2D eigenvalue weighted by Gasteiger charge is 2.65. The molecule has 2 saturated heterocycles. The van der Waals surface area contributed by atoms with Crippen LogP contribution in [0.1, 0.15) is 19.5 Å². The molecule has 0 radical (unpaired) electrons. The van der Waals surface area contributed by atoms with E-state index < -0.39 is 29.7 Å². The van der Waals surface area contributed by atoms with Gasteiger partial charge in [-0.25, -0.2) is 9.50 Å². The van der Waals surface area contributed by atoms with E-state index >= 15 is 0 Å². The number of hydrogen-bond acceptors (Lipinski definition) is 8. The lowest BCUT2D eigenvalue weighted by Crippen LogP contribution is -2.40. The molecule has 0 amide bonds. The minimum Gasteiger partial charge on any atom is -0.394 e. The summed E-state index contributed by atoms with van der Waals surface area (Å²) in [4.78, 5) is 3.94. The van der Waals surface area contributed by atoms with Gasteiger partial charge in [0.25, 0.3) is 0 Å². The Kier molecular flexibility index (Phi) is 3.10. The van der Waals surface area contributed by atoms with Gasteiger partial charge in [-0.2, -0.15) is 10.4 Å². The Balaban J connectivity index is 1.90. The van der Waals surface area contributed by atoms with Crippen LogP contribution in [0.15, 0.2) is 18.5 Å². The lowest BCUT2D eigenvalue weighted by molar-refractivity contribution is -0.204. The zero-order valence-electron chi connectivity index (χ0n) is 13.2. The maximum atomic E-state index is 9.97. The zero-order valence-corrected chi connectivity index (χ0v) is 13.2. The maximum Gasteiger partial charge on any atom is 0.226 e. The van der Waals surface area contributed by atoms with E-state index in [1.165, 1.54) is 10.8 Å². The van der Waals surface area contributed by atoms with Gasteiger partial charge < -0.3 is 25.1 Å². The Morgan fingerprint density at radius 2 is 2.17 bits per heavy atom. The third-order valence-corrected chi connectivity index (χ3v) is 4.44. The minimum atomic E-state index is -1.47. The van der Waals surface area contributed by atoms with Crippen molar-refractivity contribution in [2.75, 3.05) is 12.3 Å². The van der Waals surface area contributed by atoms with Crippen molar-refractivity contribution in [3.8, 4) is 6.07 Å². The van der Waals surface area contributed by atoms with Gasteiger partial charge in [0.1, 0.15) is 36.2 Å². The van der Waals surface area contributed by atoms with Crippen molar-refractivity contribution >= 4 is 11.3 Å². The van der Waals surface area contributed by atoms with E-state index in [0.717, 1.165) is 0 Å². The molecule has 2 aliphatic heterocycles. The van der Waals surface area contributed by atoms with Crippen LogP contribution in [-0.4, -0.2) is 50.4 Å². The number of nitriles is 1. The predicted molar refractivity (Wildman–Crippen MR) is 80.5 cm³/mol. The monoisotopic (exact) mass is 331 g/mol. The quantitative estimate of drug-likeness (QED) is 0.783. The highest BCUT2D eigenvalue weighted by atomic mass is 16.8. The molecule has 0 aromatic carbocycles. The van der Waals surface area contributed by atoms with Crippen molar-refractivity contribution in [1.82, 2.24) is 14.6 Å². The second-order valence-electron chi connectivity index (χ2n) is 6.37. The fourth-order valence-electron chi connectivity index (χ4n) is 3.48. The summed E-state index contributed by atoms with van der Waals surface area (Å²) in [7, 11) is 0. The fraction of sp³-hybridized carbons (Fsp3) is 0.533. The molecule has 2 aliphatic rings. The van der Waals surface area contributed by atoms with Crippen molar-refractivity contribution < 1.29 is 19.3 Å². The summed E-state index contributed by atoms with van der Waals surface area (Å²) in [6, 6.07) is 5.63. The van der Waals surface area contributed by atoms with Crippen LogP contribution in [0, 0.1) is 11.3 Å². The molecule has 4 rings (SSSR count). The van der Waals surface area contributed by atoms with Crippen molar-refractivity contribution in [2.45, 2.75) is 43.5 Å². The van der Waals surface area contributed by atoms with Gasteiger partial charge in [0.05, 0.1) is 12.3 Å². The summed E-state index contributed by atoms with van der Waals surface area (Å²) in [5.41, 5.74) is 5.41. The van der Waals surface area contributed by atoms with Crippen LogP contribution in [0.4, 0.5) is 5.82 Å². The lowest BCUT2D eigenvalue weighted by Gasteiger charge is -2.28. The number of fused-ring (bicyclic) bond motifs is 2. The molecule has 0 aliphatic carbocycles. The fourth-order valence-corrected chi connectivity index (χ4v) is 3.48. The van der Waals surface area contributed by atoms with E-state index in [2.05, 4.69) is 16.2 Å². The Hall–Kier alpha value is -2.25. The standard InChI is InChI=1S/C15H17N5O4/c1-14(2)23-11-9(5-21)22-15(6-16,12(11)24-14)10-4-3-8-13(17)18-7-19-20(8)10/h3-4,7,9,11-12,21H,5H2,1-2H3,(H2,17,18,19)/t9-,11?,12+,15+/m1/s1. The van der Waals surface area contributed by atoms with Gasteiger partial charge in [0, 0.05) is 0 Å². The van der Waals surface area contributed by atoms with E-state index in [1.54, 1.807) is 26.0 Å². The highest BCUT2D eigenvalue weighted by molar-refractivity contribution is 5.66. The van der Waals surface area contributed by atoms with Gasteiger partial charge in [-0.3, -0.25) is 0 Å². The van der Waals surface area contributed by atoms with Crippen LogP contribution in [-0.2, 0) is 19.8 Å². The summed E-state index contributed by atoms with van der Waals surface area (Å²) in [6.07, 6.45) is -0.637. The Morgan fingerprint density at radius 1 is 1.38 bits per heavy atom. The van der Waals surface area contributed by atoms with Crippen LogP contribution in [0.5, 0.6) is 0 Å². The normalized spacial score (nSPS) is 34.3. The van der Waals surface area contributed by atoms with E-state index in [4.69, 9.17) is 19.9 Å². The van der Waals surface area contributed by atoms with Gasteiger partial charge in [-0.1, -0.05) is 0 Å². The minimum absolute atomic E-state index is 0.287. The summed E-state index contributed by atoms with van der Waals surface area (Å²) >= 11 is 0. The molecule has 0 bridgehead atoms. The van der Waals surface area contributed by atoms with Crippen molar-refractivity contribution in [1.29, 1.82) is 5.26 Å². The van der Waals surface area contributed by atoms with Crippen molar-refractivity contribution in [3.63, 3.8) is 0 Å². The average Bonchev–Trinajstić information content (AvgIpc) is 3.18. The molecule has 4 heterocycles. The summed E-state index contributed by atoms with van der Waals surface area (Å²) in [5, 5.41) is 23.8. The molecule has 4 atom stereocenters. The van der Waals surface area contributed by atoms with E-state index in [-0.39, 0.29) is 6.61 Å². The first-order valence-electron chi connectivity index (χ1n) is 7.56. The van der Waals surface area contributed by atoms with Crippen molar-refractivity contribution in [2.24, 2.45) is 0 Å². The topological polar surface area (TPSA) is 128 Å². The molecule has 2 aromatic heterocycles. The van der Waals surface area contributed by atoms with Crippen LogP contribution in [0.3, 0.4) is 0 Å². The zero-order chi connectivity index (χ0) is 17.1. The Labute approximate surface area is 137 Å². The Bertz CT molecular complexity index is 844. The lowest BCUT2D eigenvalue weighted by atomic mass is 9.92. The van der Waals surface area contributed by atoms with Crippen LogP contribution >= 0.6 is 0 Å². The summed E-state index contributed by atoms with van der Waals surface area (Å²) < 4.78 is 19.2. The molecule has 24 heavy (non-hydrogen) atoms. The molecule has 1 unspecified atom stereocenters. The number of nitrogens with zero attached hydrogens (tertiary/aromatic N) is 4. The number of aliphatic hydroxyl groups excluding tert-OH is 1. The van der Waals surface area contributed by atoms with Gasteiger partial charge in [0.15, 0.2) is 11.6 Å². The van der Waals surface area contributed by atoms with Gasteiger partial charge in [-0.15, -0.1) is 0 Å². The first-order chi connectivity index (χ1) is 11.4. The van der Waals surface area contributed by atoms with Crippen molar-refractivity contribution in [3.05, 3.63) is 24.2 Å². The number of hydrogen-bond donors (Lipinski definition) is 2. The molecule has 126 valence electrons. The number of anilines is 1. The highest BCUT2D eigenvalue weighted by Crippen LogP contribution is 2.49. The van der Waals surface area contributed by atoms with Gasteiger partial charge in [0.2, 0.25) is 5.60 Å². The summed E-state index contributed by atoms with van der Waals surface area (Å²) in [5.74, 6) is -0.586. The molecule has 2 fully saturated rings. The maximum absolute atomic E-state index is 9.97. The van der Waals surface area contributed by atoms with E-state index in [0.29, 0.717) is 17.0 Å². The molecule has 9 heteroatoms. The molecular weight excluding hydrogens is 314 g/mol. The molecule has 9 nitrogen and oxygen atoms in total. The molecule has 2 aromatic rings. The second kappa shape index (κ2) is 4.87. The third-order valence-electron chi connectivity index (χ3n) is 4.44. The first-order valence-corrected chi connectivity index (χ1v) is 7.56. The first kappa shape index (κ1) is 15.3. The van der Waals surface area contributed by atoms with Crippen LogP contribution in [0.25, 0.3) is 5.52 Å². The number of aliphatic hydroxyl groups is 1. The molecular formula is C15H17N5O4. The van der Waals surface area contributed by atoms with Gasteiger partial charge in [-0.05, 0) is 26.0 Å². The van der Waals surface area contributed by atoms with E-state index in [9.17, 15) is 10.4 Å². The SMILES string of the molecule is CC1(C)OC2[C@@H](CO)O[C@@](C#N)(c3ccc4c(N)ncnn34)[C@H]2O1. The smallest absolute Gasteiger partial charge is 0.226 e. The number of nitrogen functional groups attached to an aromatic ring is 1.